The molecule has 0 bridgehead atoms. The lowest BCUT2D eigenvalue weighted by Crippen LogP contribution is -2.56. The van der Waals surface area contributed by atoms with Crippen LogP contribution in [0.2, 0.25) is 0 Å². The van der Waals surface area contributed by atoms with Crippen LogP contribution in [0.1, 0.15) is 28.3 Å². The highest BCUT2D eigenvalue weighted by molar-refractivity contribution is 5.79. The summed E-state index contributed by atoms with van der Waals surface area (Å²) in [6, 6.07) is 8.58. The number of hydrogen-bond acceptors (Lipinski definition) is 4. The molecule has 0 aliphatic carbocycles. The normalized spacial score (nSPS) is 19.4. The van der Waals surface area contributed by atoms with Gasteiger partial charge in [0.1, 0.15) is 6.54 Å². The molecular weight excluding hydrogens is 440 g/mol. The number of alkyl halides is 6. The van der Waals surface area contributed by atoms with Crippen molar-refractivity contribution in [3.8, 4) is 6.19 Å². The molecule has 11 heteroatoms. The van der Waals surface area contributed by atoms with Crippen LogP contribution in [0.5, 0.6) is 0 Å². The van der Waals surface area contributed by atoms with E-state index in [1.165, 1.54) is 4.90 Å². The molecule has 1 fully saturated rings. The van der Waals surface area contributed by atoms with Crippen molar-refractivity contribution in [1.29, 1.82) is 5.26 Å². The van der Waals surface area contributed by atoms with E-state index in [9.17, 15) is 36.4 Å². The summed E-state index contributed by atoms with van der Waals surface area (Å²) in [5, 5.41) is 12.1. The third-order valence-corrected chi connectivity index (χ3v) is 4.86. The highest BCUT2D eigenvalue weighted by Crippen LogP contribution is 2.36. The molecule has 0 unspecified atom stereocenters. The summed E-state index contributed by atoms with van der Waals surface area (Å²) in [7, 11) is 0. The first-order valence-electron chi connectivity index (χ1n) is 9.36. The third kappa shape index (κ3) is 5.50. The van der Waals surface area contributed by atoms with E-state index in [0.29, 0.717) is 17.7 Å². The Bertz CT molecular complexity index is 969. The standard InChI is InChI=1S/C21H17F6N3O2/c22-20(23,24)15-6-13(7-16(8-15)21(25,26)27)10-32-11-17-19(14-4-2-1-3-5-14)30(12-28)9-18(31)29-17/h1-8,17,19H,9-11H2,(H,29,31)/t17-,19+/m1/s1. The minimum Gasteiger partial charge on any atom is -0.375 e. The van der Waals surface area contributed by atoms with Crippen molar-refractivity contribution in [1.82, 2.24) is 10.2 Å². The Kier molecular flexibility index (Phi) is 6.64. The van der Waals surface area contributed by atoms with Crippen LogP contribution in [0.3, 0.4) is 0 Å². The van der Waals surface area contributed by atoms with E-state index in [2.05, 4.69) is 5.32 Å². The minimum atomic E-state index is -4.96. The van der Waals surface area contributed by atoms with Gasteiger partial charge < -0.3 is 10.1 Å². The predicted molar refractivity (Wildman–Crippen MR) is 99.5 cm³/mol. The van der Waals surface area contributed by atoms with E-state index in [4.69, 9.17) is 4.74 Å². The summed E-state index contributed by atoms with van der Waals surface area (Å²) in [4.78, 5) is 13.2. The fraction of sp³-hybridized carbons (Fsp3) is 0.333. The summed E-state index contributed by atoms with van der Waals surface area (Å²) in [6.07, 6.45) is -7.98. The summed E-state index contributed by atoms with van der Waals surface area (Å²) in [5.41, 5.74) is -2.49. The largest absolute Gasteiger partial charge is 0.416 e. The Morgan fingerprint density at radius 1 is 1.03 bits per heavy atom. The molecule has 3 rings (SSSR count). The second kappa shape index (κ2) is 9.08. The number of benzene rings is 2. The van der Waals surface area contributed by atoms with Gasteiger partial charge in [-0.05, 0) is 29.3 Å². The Labute approximate surface area is 179 Å². The van der Waals surface area contributed by atoms with Crippen molar-refractivity contribution in [3.05, 3.63) is 70.8 Å². The number of piperazine rings is 1. The van der Waals surface area contributed by atoms with Crippen molar-refractivity contribution < 1.29 is 35.9 Å². The first kappa shape index (κ1) is 23.4. The van der Waals surface area contributed by atoms with E-state index >= 15 is 0 Å². The number of nitrogens with one attached hydrogen (secondary N) is 1. The van der Waals surface area contributed by atoms with E-state index in [-0.39, 0.29) is 24.8 Å². The SMILES string of the molecule is N#CN1CC(=O)N[C@H](COCc2cc(C(F)(F)F)cc(C(F)(F)F)c2)[C@@H]1c1ccccc1. The molecule has 1 saturated heterocycles. The van der Waals surface area contributed by atoms with Gasteiger partial charge >= 0.3 is 12.4 Å². The molecule has 2 aromatic rings. The third-order valence-electron chi connectivity index (χ3n) is 4.86. The van der Waals surface area contributed by atoms with Gasteiger partial charge in [-0.25, -0.2) is 0 Å². The molecular formula is C21H17F6N3O2. The molecule has 0 spiro atoms. The van der Waals surface area contributed by atoms with Crippen molar-refractivity contribution >= 4 is 5.91 Å². The van der Waals surface area contributed by atoms with Gasteiger partial charge in [0.2, 0.25) is 5.91 Å². The number of hydrogen-bond donors (Lipinski definition) is 1. The van der Waals surface area contributed by atoms with Crippen molar-refractivity contribution in [2.75, 3.05) is 13.2 Å². The molecule has 1 aliphatic heterocycles. The van der Waals surface area contributed by atoms with Gasteiger partial charge in [0.25, 0.3) is 0 Å². The minimum absolute atomic E-state index is 0.0427. The zero-order valence-electron chi connectivity index (χ0n) is 16.4. The molecule has 0 radical (unpaired) electrons. The predicted octanol–water partition coefficient (Wildman–Crippen LogP) is 4.26. The summed E-state index contributed by atoms with van der Waals surface area (Å²) in [6.45, 7) is -0.969. The average Bonchev–Trinajstić information content (AvgIpc) is 2.72. The zero-order chi connectivity index (χ0) is 23.5. The second-order valence-electron chi connectivity index (χ2n) is 7.19. The monoisotopic (exact) mass is 457 g/mol. The molecule has 170 valence electrons. The van der Waals surface area contributed by atoms with Gasteiger partial charge in [0, 0.05) is 0 Å². The Morgan fingerprint density at radius 2 is 1.62 bits per heavy atom. The second-order valence-corrected chi connectivity index (χ2v) is 7.19. The number of ether oxygens (including phenoxy) is 1. The molecule has 2 aromatic carbocycles. The van der Waals surface area contributed by atoms with Gasteiger partial charge in [-0.2, -0.15) is 31.6 Å². The van der Waals surface area contributed by atoms with Crippen LogP contribution < -0.4 is 5.32 Å². The smallest absolute Gasteiger partial charge is 0.375 e. The number of carbonyl (C=O) groups excluding carboxylic acids is 1. The molecule has 32 heavy (non-hydrogen) atoms. The topological polar surface area (TPSA) is 65.4 Å². The number of amides is 1. The summed E-state index contributed by atoms with van der Waals surface area (Å²) >= 11 is 0. The van der Waals surface area contributed by atoms with Gasteiger partial charge in [-0.1, -0.05) is 30.3 Å². The van der Waals surface area contributed by atoms with Crippen LogP contribution in [0, 0.1) is 11.5 Å². The maximum atomic E-state index is 13.0. The molecule has 0 saturated carbocycles. The lowest BCUT2D eigenvalue weighted by atomic mass is 9.96. The maximum Gasteiger partial charge on any atom is 0.416 e. The molecule has 1 aliphatic rings. The highest BCUT2D eigenvalue weighted by atomic mass is 19.4. The van der Waals surface area contributed by atoms with Crippen LogP contribution in [0.4, 0.5) is 26.3 Å². The van der Waals surface area contributed by atoms with E-state index in [1.54, 1.807) is 30.3 Å². The quantitative estimate of drug-likeness (QED) is 0.538. The van der Waals surface area contributed by atoms with E-state index < -0.39 is 48.1 Å². The van der Waals surface area contributed by atoms with E-state index in [1.807, 2.05) is 6.19 Å². The van der Waals surface area contributed by atoms with Crippen LogP contribution >= 0.6 is 0 Å². The molecule has 1 heterocycles. The van der Waals surface area contributed by atoms with Crippen LogP contribution in [0.25, 0.3) is 0 Å². The number of nitrogens with zero attached hydrogens (tertiary/aromatic N) is 2. The lowest BCUT2D eigenvalue weighted by molar-refractivity contribution is -0.143. The van der Waals surface area contributed by atoms with Crippen LogP contribution in [-0.4, -0.2) is 30.0 Å². The molecule has 1 N–H and O–H groups in total. The summed E-state index contributed by atoms with van der Waals surface area (Å²) < 4.78 is 83.5. The summed E-state index contributed by atoms with van der Waals surface area (Å²) in [5.74, 6) is -0.453. The molecule has 0 aromatic heterocycles. The van der Waals surface area contributed by atoms with Crippen molar-refractivity contribution in [3.63, 3.8) is 0 Å². The number of rotatable bonds is 5. The number of halogens is 6. The average molecular weight is 457 g/mol. The van der Waals surface area contributed by atoms with Gasteiger partial charge in [-0.15, -0.1) is 0 Å². The van der Waals surface area contributed by atoms with Gasteiger partial charge in [0.15, 0.2) is 6.19 Å². The Morgan fingerprint density at radius 3 is 2.16 bits per heavy atom. The molecule has 2 atom stereocenters. The zero-order valence-corrected chi connectivity index (χ0v) is 16.4. The fourth-order valence-electron chi connectivity index (χ4n) is 3.50. The van der Waals surface area contributed by atoms with Gasteiger partial charge in [-0.3, -0.25) is 9.69 Å². The first-order chi connectivity index (χ1) is 15.0. The van der Waals surface area contributed by atoms with Crippen molar-refractivity contribution in [2.45, 2.75) is 31.0 Å². The number of nitriles is 1. The lowest BCUT2D eigenvalue weighted by Gasteiger charge is -2.38. The van der Waals surface area contributed by atoms with Crippen molar-refractivity contribution in [2.24, 2.45) is 0 Å². The number of carbonyl (C=O) groups is 1. The van der Waals surface area contributed by atoms with Crippen LogP contribution in [-0.2, 0) is 28.5 Å². The Hall–Kier alpha value is -3.26. The van der Waals surface area contributed by atoms with E-state index in [0.717, 1.165) is 0 Å². The van der Waals surface area contributed by atoms with Gasteiger partial charge in [0.05, 0.1) is 36.4 Å². The molecule has 1 amide bonds. The Balaban J connectivity index is 1.79. The maximum absolute atomic E-state index is 13.0. The van der Waals surface area contributed by atoms with Crippen LogP contribution in [0.15, 0.2) is 48.5 Å². The highest BCUT2D eigenvalue weighted by Gasteiger charge is 2.38. The fourth-order valence-corrected chi connectivity index (χ4v) is 3.50. The molecule has 5 nitrogen and oxygen atoms in total. The first-order valence-corrected chi connectivity index (χ1v) is 9.36.